The molecule has 1 atom stereocenters. The van der Waals surface area contributed by atoms with Gasteiger partial charge < -0.3 is 0 Å². The first kappa shape index (κ1) is 16.5. The topological polar surface area (TPSA) is 66.9 Å². The highest BCUT2D eigenvalue weighted by Gasteiger charge is 2.38. The molecule has 0 saturated heterocycles. The second kappa shape index (κ2) is 5.72. The van der Waals surface area contributed by atoms with Gasteiger partial charge in [0, 0.05) is 6.07 Å². The SMILES string of the molecule is CC(C#N)(c1ccccc1)c1ccc(C(F)(F)F)cc1[N+](=O)[O-]. The zero-order chi connectivity index (χ0) is 17.3. The number of halogens is 3. The zero-order valence-corrected chi connectivity index (χ0v) is 12.0. The molecule has 2 rings (SSSR count). The highest BCUT2D eigenvalue weighted by atomic mass is 19.4. The lowest BCUT2D eigenvalue weighted by Gasteiger charge is -2.23. The first-order valence-electron chi connectivity index (χ1n) is 6.53. The van der Waals surface area contributed by atoms with Gasteiger partial charge in [0.1, 0.15) is 5.41 Å². The van der Waals surface area contributed by atoms with Crippen LogP contribution in [0.2, 0.25) is 0 Å². The van der Waals surface area contributed by atoms with Gasteiger partial charge in [-0.1, -0.05) is 30.3 Å². The Morgan fingerprint density at radius 2 is 1.70 bits per heavy atom. The van der Waals surface area contributed by atoms with E-state index in [0.29, 0.717) is 11.6 Å². The van der Waals surface area contributed by atoms with E-state index in [1.54, 1.807) is 30.3 Å². The smallest absolute Gasteiger partial charge is 0.258 e. The molecule has 0 heterocycles. The lowest BCUT2D eigenvalue weighted by Crippen LogP contribution is -2.23. The molecule has 0 aliphatic rings. The van der Waals surface area contributed by atoms with Crippen molar-refractivity contribution in [3.63, 3.8) is 0 Å². The van der Waals surface area contributed by atoms with Crippen LogP contribution in [-0.2, 0) is 11.6 Å². The second-order valence-corrected chi connectivity index (χ2v) is 5.09. The number of nitrogens with zero attached hydrogens (tertiary/aromatic N) is 2. The Kier molecular flexibility index (Phi) is 4.10. The van der Waals surface area contributed by atoms with E-state index >= 15 is 0 Å². The fourth-order valence-electron chi connectivity index (χ4n) is 2.33. The number of nitro benzene ring substituents is 1. The van der Waals surface area contributed by atoms with Gasteiger partial charge in [0.05, 0.1) is 22.1 Å². The zero-order valence-electron chi connectivity index (χ0n) is 12.0. The monoisotopic (exact) mass is 320 g/mol. The summed E-state index contributed by atoms with van der Waals surface area (Å²) in [6, 6.07) is 12.4. The molecule has 0 bridgehead atoms. The van der Waals surface area contributed by atoms with Crippen LogP contribution in [0.5, 0.6) is 0 Å². The van der Waals surface area contributed by atoms with E-state index in [9.17, 15) is 28.5 Å². The first-order valence-corrected chi connectivity index (χ1v) is 6.53. The summed E-state index contributed by atoms with van der Waals surface area (Å²) >= 11 is 0. The van der Waals surface area contributed by atoms with E-state index in [0.717, 1.165) is 12.1 Å². The van der Waals surface area contributed by atoms with Crippen molar-refractivity contribution >= 4 is 5.69 Å². The summed E-state index contributed by atoms with van der Waals surface area (Å²) in [5, 5.41) is 20.8. The molecule has 0 saturated carbocycles. The lowest BCUT2D eigenvalue weighted by molar-refractivity contribution is -0.386. The van der Waals surface area contributed by atoms with E-state index in [1.165, 1.54) is 6.92 Å². The normalized spacial score (nSPS) is 13.9. The molecule has 0 aliphatic heterocycles. The highest BCUT2D eigenvalue weighted by Crippen LogP contribution is 2.40. The molecular weight excluding hydrogens is 309 g/mol. The van der Waals surface area contributed by atoms with Crippen LogP contribution in [-0.4, -0.2) is 4.92 Å². The van der Waals surface area contributed by atoms with Crippen LogP contribution >= 0.6 is 0 Å². The molecule has 118 valence electrons. The number of hydrogen-bond donors (Lipinski definition) is 0. The molecule has 0 radical (unpaired) electrons. The molecule has 0 amide bonds. The Hall–Kier alpha value is -2.88. The average Bonchev–Trinajstić information content (AvgIpc) is 2.53. The van der Waals surface area contributed by atoms with Crippen LogP contribution in [0.1, 0.15) is 23.6 Å². The fourth-order valence-corrected chi connectivity index (χ4v) is 2.33. The predicted octanol–water partition coefficient (Wildman–Crippen LogP) is 4.44. The van der Waals surface area contributed by atoms with E-state index in [4.69, 9.17) is 0 Å². The Morgan fingerprint density at radius 1 is 1.09 bits per heavy atom. The lowest BCUT2D eigenvalue weighted by atomic mass is 9.76. The maximum atomic E-state index is 12.8. The standard InChI is InChI=1S/C16H11F3N2O2/c1-15(10-20,11-5-3-2-4-6-11)13-8-7-12(16(17,18)19)9-14(13)21(22)23/h2-9H,1H3. The third kappa shape index (κ3) is 3.01. The van der Waals surface area contributed by atoms with Gasteiger partial charge in [0.25, 0.3) is 5.69 Å². The average molecular weight is 320 g/mol. The predicted molar refractivity (Wildman–Crippen MR) is 76.6 cm³/mol. The van der Waals surface area contributed by atoms with Gasteiger partial charge in [-0.25, -0.2) is 0 Å². The molecule has 2 aromatic rings. The van der Waals surface area contributed by atoms with Gasteiger partial charge >= 0.3 is 6.18 Å². The van der Waals surface area contributed by atoms with E-state index < -0.39 is 27.8 Å². The molecule has 23 heavy (non-hydrogen) atoms. The highest BCUT2D eigenvalue weighted by molar-refractivity contribution is 5.56. The summed E-state index contributed by atoms with van der Waals surface area (Å²) in [5.74, 6) is 0. The van der Waals surface area contributed by atoms with Crippen LogP contribution in [0.4, 0.5) is 18.9 Å². The summed E-state index contributed by atoms with van der Waals surface area (Å²) in [6.07, 6.45) is -4.70. The molecule has 0 fully saturated rings. The molecule has 0 aromatic heterocycles. The Bertz CT molecular complexity index is 782. The number of nitriles is 1. The maximum Gasteiger partial charge on any atom is 0.416 e. The van der Waals surface area contributed by atoms with Gasteiger partial charge in [-0.2, -0.15) is 18.4 Å². The van der Waals surface area contributed by atoms with E-state index in [-0.39, 0.29) is 5.56 Å². The minimum Gasteiger partial charge on any atom is -0.258 e. The minimum absolute atomic E-state index is 0.0794. The molecule has 1 unspecified atom stereocenters. The second-order valence-electron chi connectivity index (χ2n) is 5.09. The quantitative estimate of drug-likeness (QED) is 0.620. The number of nitro groups is 1. The van der Waals surface area contributed by atoms with Crippen molar-refractivity contribution in [3.05, 3.63) is 75.3 Å². The van der Waals surface area contributed by atoms with E-state index in [1.807, 2.05) is 6.07 Å². The third-order valence-electron chi connectivity index (χ3n) is 3.64. The van der Waals surface area contributed by atoms with Crippen LogP contribution in [0.3, 0.4) is 0 Å². The molecule has 4 nitrogen and oxygen atoms in total. The molecule has 0 N–H and O–H groups in total. The summed E-state index contributed by atoms with van der Waals surface area (Å²) in [5.41, 5.74) is -2.91. The summed E-state index contributed by atoms with van der Waals surface area (Å²) < 4.78 is 38.3. The molecule has 7 heteroatoms. The summed E-state index contributed by atoms with van der Waals surface area (Å²) in [4.78, 5) is 10.3. The third-order valence-corrected chi connectivity index (χ3v) is 3.64. The van der Waals surface area contributed by atoms with Gasteiger partial charge in [0.2, 0.25) is 0 Å². The van der Waals surface area contributed by atoms with Crippen LogP contribution < -0.4 is 0 Å². The number of alkyl halides is 3. The number of hydrogen-bond acceptors (Lipinski definition) is 3. The van der Waals surface area contributed by atoms with Crippen molar-refractivity contribution in [2.24, 2.45) is 0 Å². The van der Waals surface area contributed by atoms with E-state index in [2.05, 4.69) is 0 Å². The molecule has 0 spiro atoms. The summed E-state index contributed by atoms with van der Waals surface area (Å²) in [7, 11) is 0. The molecule has 0 aliphatic carbocycles. The van der Waals surface area contributed by atoms with Gasteiger partial charge in [-0.3, -0.25) is 10.1 Å². The minimum atomic E-state index is -4.70. The van der Waals surface area contributed by atoms with Gasteiger partial charge in [-0.05, 0) is 24.6 Å². The van der Waals surface area contributed by atoms with Crippen molar-refractivity contribution in [3.8, 4) is 6.07 Å². The van der Waals surface area contributed by atoms with Crippen molar-refractivity contribution in [2.45, 2.75) is 18.5 Å². The molecule has 2 aromatic carbocycles. The number of benzene rings is 2. The maximum absolute atomic E-state index is 12.8. The Balaban J connectivity index is 2.71. The Labute approximate surface area is 129 Å². The van der Waals surface area contributed by atoms with Gasteiger partial charge in [0.15, 0.2) is 0 Å². The summed E-state index contributed by atoms with van der Waals surface area (Å²) in [6.45, 7) is 1.44. The first-order chi connectivity index (χ1) is 10.7. The fraction of sp³-hybridized carbons (Fsp3) is 0.188. The van der Waals surface area contributed by atoms with Crippen molar-refractivity contribution < 1.29 is 18.1 Å². The molecular formula is C16H11F3N2O2. The van der Waals surface area contributed by atoms with Crippen LogP contribution in [0.25, 0.3) is 0 Å². The van der Waals surface area contributed by atoms with Crippen LogP contribution in [0.15, 0.2) is 48.5 Å². The number of rotatable bonds is 3. The van der Waals surface area contributed by atoms with Crippen molar-refractivity contribution in [1.29, 1.82) is 5.26 Å². The van der Waals surface area contributed by atoms with Crippen LogP contribution in [0, 0.1) is 21.4 Å². The van der Waals surface area contributed by atoms with Crippen molar-refractivity contribution in [2.75, 3.05) is 0 Å². The van der Waals surface area contributed by atoms with Crippen molar-refractivity contribution in [1.82, 2.24) is 0 Å². The largest absolute Gasteiger partial charge is 0.416 e. The Morgan fingerprint density at radius 3 is 2.17 bits per heavy atom. The van der Waals surface area contributed by atoms with Gasteiger partial charge in [-0.15, -0.1) is 0 Å².